The van der Waals surface area contributed by atoms with Gasteiger partial charge >= 0.3 is 11.2 Å². The van der Waals surface area contributed by atoms with E-state index in [0.717, 1.165) is 30.5 Å². The van der Waals surface area contributed by atoms with Crippen molar-refractivity contribution < 1.29 is 4.92 Å². The van der Waals surface area contributed by atoms with Crippen molar-refractivity contribution in [3.8, 4) is 0 Å². The van der Waals surface area contributed by atoms with E-state index in [1.54, 1.807) is 0 Å². The molecule has 0 unspecified atom stereocenters. The Morgan fingerprint density at radius 1 is 0.966 bits per heavy atom. The summed E-state index contributed by atoms with van der Waals surface area (Å²) in [7, 11) is 0. The highest BCUT2D eigenvalue weighted by atomic mass is 16.6. The number of hydrogen-bond donors (Lipinski definition) is 0. The summed E-state index contributed by atoms with van der Waals surface area (Å²) in [5.41, 5.74) is 1.61. The molecule has 1 aromatic heterocycles. The third kappa shape index (κ3) is 3.61. The zero-order valence-corrected chi connectivity index (χ0v) is 16.5. The largest absolute Gasteiger partial charge is 0.363 e. The third-order valence-electron chi connectivity index (χ3n) is 5.56. The van der Waals surface area contributed by atoms with Crippen LogP contribution in [0.4, 0.5) is 11.4 Å². The van der Waals surface area contributed by atoms with Crippen molar-refractivity contribution >= 4 is 22.3 Å². The number of nitro groups is 1. The molecule has 2 aromatic carbocycles. The number of rotatable bonds is 5. The first-order chi connectivity index (χ1) is 14.1. The van der Waals surface area contributed by atoms with E-state index in [1.807, 2.05) is 54.3 Å². The summed E-state index contributed by atoms with van der Waals surface area (Å²) >= 11 is 0. The van der Waals surface area contributed by atoms with Crippen molar-refractivity contribution in [2.24, 2.45) is 0 Å². The smallest absolute Gasteiger partial charge is 0.357 e. The van der Waals surface area contributed by atoms with Crippen molar-refractivity contribution in [2.45, 2.75) is 20.0 Å². The molecular weight excluding hydrogens is 368 g/mol. The lowest BCUT2D eigenvalue weighted by Crippen LogP contribution is -2.46. The highest BCUT2D eigenvalue weighted by Crippen LogP contribution is 2.34. The van der Waals surface area contributed by atoms with Crippen molar-refractivity contribution in [2.75, 3.05) is 31.1 Å². The van der Waals surface area contributed by atoms with Gasteiger partial charge in [0.25, 0.3) is 0 Å². The fourth-order valence-corrected chi connectivity index (χ4v) is 4.15. The highest BCUT2D eigenvalue weighted by Gasteiger charge is 2.30. The predicted molar refractivity (Wildman–Crippen MR) is 114 cm³/mol. The summed E-state index contributed by atoms with van der Waals surface area (Å²) in [5.74, 6) is 0. The van der Waals surface area contributed by atoms with Crippen LogP contribution in [-0.2, 0) is 13.1 Å². The molecule has 4 rings (SSSR count). The first-order valence-corrected chi connectivity index (χ1v) is 9.91. The molecular formula is C22H24N4O3. The Morgan fingerprint density at radius 3 is 2.28 bits per heavy atom. The number of nitrogens with zero attached hydrogens (tertiary/aromatic N) is 4. The van der Waals surface area contributed by atoms with Crippen LogP contribution in [-0.4, -0.2) is 40.6 Å². The summed E-state index contributed by atoms with van der Waals surface area (Å²) in [4.78, 5) is 28.6. The Hall–Kier alpha value is -3.19. The van der Waals surface area contributed by atoms with Crippen LogP contribution >= 0.6 is 0 Å². The Balaban J connectivity index is 1.69. The topological polar surface area (TPSA) is 71.6 Å². The number of fused-ring (bicyclic) bond motifs is 1. The Labute approximate surface area is 168 Å². The maximum absolute atomic E-state index is 12.9. The number of para-hydroxylation sites is 1. The summed E-state index contributed by atoms with van der Waals surface area (Å²) in [6.45, 7) is 5.95. The number of piperazine rings is 1. The molecule has 29 heavy (non-hydrogen) atoms. The first kappa shape index (κ1) is 19.1. The first-order valence-electron chi connectivity index (χ1n) is 9.91. The molecule has 2 heterocycles. The van der Waals surface area contributed by atoms with Crippen LogP contribution in [0.3, 0.4) is 0 Å². The Bertz CT molecular complexity index is 1090. The average molecular weight is 392 g/mol. The van der Waals surface area contributed by atoms with Gasteiger partial charge in [0.05, 0.1) is 10.4 Å². The van der Waals surface area contributed by atoms with Crippen molar-refractivity contribution in [1.82, 2.24) is 9.47 Å². The molecule has 1 aliphatic heterocycles. The van der Waals surface area contributed by atoms with Gasteiger partial charge in [-0.05, 0) is 18.6 Å². The summed E-state index contributed by atoms with van der Waals surface area (Å²) in [5, 5.41) is 12.6. The van der Waals surface area contributed by atoms with E-state index in [-0.39, 0.29) is 5.69 Å². The maximum atomic E-state index is 12.9. The lowest BCUT2D eigenvalue weighted by Gasteiger charge is -2.36. The fourth-order valence-electron chi connectivity index (χ4n) is 4.15. The summed E-state index contributed by atoms with van der Waals surface area (Å²) in [6, 6.07) is 17.7. The molecule has 1 saturated heterocycles. The van der Waals surface area contributed by atoms with Crippen LogP contribution in [0, 0.1) is 10.1 Å². The average Bonchev–Trinajstić information content (AvgIpc) is 2.74. The van der Waals surface area contributed by atoms with Crippen LogP contribution in [0.2, 0.25) is 0 Å². The van der Waals surface area contributed by atoms with Gasteiger partial charge in [0.15, 0.2) is 0 Å². The van der Waals surface area contributed by atoms with Gasteiger partial charge in [0, 0.05) is 44.7 Å². The molecule has 1 aliphatic rings. The van der Waals surface area contributed by atoms with Gasteiger partial charge in [-0.1, -0.05) is 48.5 Å². The van der Waals surface area contributed by atoms with Crippen molar-refractivity contribution in [3.63, 3.8) is 0 Å². The van der Waals surface area contributed by atoms with E-state index in [4.69, 9.17) is 0 Å². The van der Waals surface area contributed by atoms with Crippen LogP contribution in [0.5, 0.6) is 0 Å². The second kappa shape index (κ2) is 8.05. The number of hydrogen-bond acceptors (Lipinski definition) is 5. The molecule has 3 aromatic rings. The number of aryl methyl sites for hydroxylation is 1. The molecule has 0 saturated carbocycles. The van der Waals surface area contributed by atoms with E-state index >= 15 is 0 Å². The lowest BCUT2D eigenvalue weighted by molar-refractivity contribution is -0.385. The predicted octanol–water partition coefficient (Wildman–Crippen LogP) is 3.25. The molecule has 0 aliphatic carbocycles. The van der Waals surface area contributed by atoms with Gasteiger partial charge < -0.3 is 9.47 Å². The SMILES string of the molecule is CCn1c(=O)c([N+](=O)[O-])c(N2CCN(Cc3ccccc3)CC2)c2ccccc21. The minimum absolute atomic E-state index is 0.318. The minimum Gasteiger partial charge on any atom is -0.363 e. The number of pyridine rings is 1. The molecule has 0 atom stereocenters. The monoisotopic (exact) mass is 392 g/mol. The molecule has 0 N–H and O–H groups in total. The van der Waals surface area contributed by atoms with Crippen LogP contribution < -0.4 is 10.5 Å². The summed E-state index contributed by atoms with van der Waals surface area (Å²) < 4.78 is 1.49. The lowest BCUT2D eigenvalue weighted by atomic mass is 10.1. The van der Waals surface area contributed by atoms with Gasteiger partial charge in [-0.25, -0.2) is 0 Å². The summed E-state index contributed by atoms with van der Waals surface area (Å²) in [6.07, 6.45) is 0. The van der Waals surface area contributed by atoms with Gasteiger partial charge in [0.1, 0.15) is 5.69 Å². The second-order valence-electron chi connectivity index (χ2n) is 7.27. The van der Waals surface area contributed by atoms with E-state index < -0.39 is 10.5 Å². The van der Waals surface area contributed by atoms with E-state index in [1.165, 1.54) is 10.1 Å². The van der Waals surface area contributed by atoms with E-state index in [9.17, 15) is 14.9 Å². The molecule has 0 amide bonds. The number of anilines is 1. The van der Waals surface area contributed by atoms with E-state index in [0.29, 0.717) is 25.3 Å². The van der Waals surface area contributed by atoms with Gasteiger partial charge in [-0.15, -0.1) is 0 Å². The molecule has 1 fully saturated rings. The fraction of sp³-hybridized carbons (Fsp3) is 0.318. The van der Waals surface area contributed by atoms with Crippen LogP contribution in [0.15, 0.2) is 59.4 Å². The molecule has 7 nitrogen and oxygen atoms in total. The van der Waals surface area contributed by atoms with Crippen LogP contribution in [0.1, 0.15) is 12.5 Å². The van der Waals surface area contributed by atoms with Crippen LogP contribution in [0.25, 0.3) is 10.9 Å². The molecule has 0 radical (unpaired) electrons. The maximum Gasteiger partial charge on any atom is 0.357 e. The minimum atomic E-state index is -0.530. The quantitative estimate of drug-likeness (QED) is 0.492. The second-order valence-corrected chi connectivity index (χ2v) is 7.27. The standard InChI is InChI=1S/C22H24N4O3/c1-2-25-19-11-7-6-10-18(19)20(21(22(25)27)26(28)29)24-14-12-23(13-15-24)16-17-8-4-3-5-9-17/h3-11H,2,12-16H2,1H3. The van der Waals surface area contributed by atoms with Crippen molar-refractivity contribution in [3.05, 3.63) is 80.6 Å². The third-order valence-corrected chi connectivity index (χ3v) is 5.56. The number of aromatic nitrogens is 1. The van der Waals surface area contributed by atoms with E-state index in [2.05, 4.69) is 17.0 Å². The molecule has 0 spiro atoms. The van der Waals surface area contributed by atoms with Gasteiger partial charge in [-0.2, -0.15) is 0 Å². The zero-order valence-electron chi connectivity index (χ0n) is 16.5. The Morgan fingerprint density at radius 2 is 1.62 bits per heavy atom. The Kier molecular flexibility index (Phi) is 5.31. The van der Waals surface area contributed by atoms with Gasteiger partial charge in [-0.3, -0.25) is 19.8 Å². The highest BCUT2D eigenvalue weighted by molar-refractivity contribution is 5.96. The molecule has 150 valence electrons. The zero-order chi connectivity index (χ0) is 20.4. The van der Waals surface area contributed by atoms with Gasteiger partial charge in [0.2, 0.25) is 0 Å². The molecule has 7 heteroatoms. The van der Waals surface area contributed by atoms with Crippen molar-refractivity contribution in [1.29, 1.82) is 0 Å². The molecule has 0 bridgehead atoms. The number of benzene rings is 2. The normalized spacial score (nSPS) is 15.0.